The van der Waals surface area contributed by atoms with Gasteiger partial charge in [0.25, 0.3) is 0 Å². The minimum atomic E-state index is -4.53. The van der Waals surface area contributed by atoms with Crippen molar-refractivity contribution in [2.24, 2.45) is 0 Å². The predicted octanol–water partition coefficient (Wildman–Crippen LogP) is 8.21. The van der Waals surface area contributed by atoms with Crippen LogP contribution in [-0.2, 0) is 40.6 Å². The molecule has 5 nitrogen and oxygen atoms in total. The van der Waals surface area contributed by atoms with E-state index in [9.17, 15) is 22.8 Å². The van der Waals surface area contributed by atoms with Crippen LogP contribution >= 0.6 is 0 Å². The fourth-order valence-electron chi connectivity index (χ4n) is 6.43. The number of esters is 1. The van der Waals surface area contributed by atoms with E-state index in [-0.39, 0.29) is 24.2 Å². The quantitative estimate of drug-likeness (QED) is 0.154. The number of halogens is 3. The van der Waals surface area contributed by atoms with Crippen molar-refractivity contribution in [2.45, 2.75) is 71.1 Å². The predicted molar refractivity (Wildman–Crippen MR) is 163 cm³/mol. The molecule has 0 saturated heterocycles. The highest BCUT2D eigenvalue weighted by Gasteiger charge is 2.35. The maximum absolute atomic E-state index is 13.0. The van der Waals surface area contributed by atoms with Crippen LogP contribution in [0.15, 0.2) is 65.1 Å². The fourth-order valence-corrected chi connectivity index (χ4v) is 6.43. The molecule has 0 spiro atoms. The molecule has 4 aromatic rings. The Morgan fingerprint density at radius 3 is 2.43 bits per heavy atom. The number of rotatable bonds is 9. The molecular formula is C36H36F3NO4. The molecule has 1 aromatic heterocycles. The molecular weight excluding hydrogens is 567 g/mol. The number of furan rings is 1. The van der Waals surface area contributed by atoms with Crippen molar-refractivity contribution in [2.75, 3.05) is 7.11 Å². The highest BCUT2D eigenvalue weighted by Crippen LogP contribution is 2.44. The molecule has 0 radical (unpaired) electrons. The Morgan fingerprint density at radius 2 is 1.75 bits per heavy atom. The second-order valence-corrected chi connectivity index (χ2v) is 12.0. The van der Waals surface area contributed by atoms with E-state index in [1.54, 1.807) is 0 Å². The average Bonchev–Trinajstić information content (AvgIpc) is 3.65. The molecule has 1 aliphatic rings. The van der Waals surface area contributed by atoms with Gasteiger partial charge < -0.3 is 14.5 Å². The van der Waals surface area contributed by atoms with Gasteiger partial charge in [-0.25, -0.2) is 0 Å². The number of hydrogen-bond donors (Lipinski definition) is 1. The van der Waals surface area contributed by atoms with Crippen LogP contribution in [0.1, 0.15) is 87.0 Å². The molecule has 230 valence electrons. The van der Waals surface area contributed by atoms with Crippen LogP contribution in [0.5, 0.6) is 0 Å². The summed E-state index contributed by atoms with van der Waals surface area (Å²) in [5.41, 5.74) is 9.11. The summed E-state index contributed by atoms with van der Waals surface area (Å²) in [6.07, 6.45) is -1.97. The minimum absolute atomic E-state index is 0.0381. The van der Waals surface area contributed by atoms with Gasteiger partial charge >= 0.3 is 12.1 Å². The van der Waals surface area contributed by atoms with Crippen molar-refractivity contribution < 1.29 is 31.9 Å². The summed E-state index contributed by atoms with van der Waals surface area (Å²) >= 11 is 0. The van der Waals surface area contributed by atoms with Gasteiger partial charge in [-0.2, -0.15) is 13.2 Å². The summed E-state index contributed by atoms with van der Waals surface area (Å²) < 4.78 is 49.1. The van der Waals surface area contributed by atoms with Gasteiger partial charge in [0, 0.05) is 18.0 Å². The first-order chi connectivity index (χ1) is 20.8. The first-order valence-electron chi connectivity index (χ1n) is 14.6. The van der Waals surface area contributed by atoms with E-state index in [2.05, 4.69) is 24.4 Å². The van der Waals surface area contributed by atoms with Crippen LogP contribution in [0.3, 0.4) is 0 Å². The summed E-state index contributed by atoms with van der Waals surface area (Å²) in [5.74, 6) is -1.10. The largest absolute Gasteiger partial charge is 0.468 e. The molecule has 44 heavy (non-hydrogen) atoms. The molecule has 1 N–H and O–H groups in total. The molecule has 0 fully saturated rings. The van der Waals surface area contributed by atoms with Crippen LogP contribution in [0, 0.1) is 13.8 Å². The summed E-state index contributed by atoms with van der Waals surface area (Å²) in [6, 6.07) is 18.4. The highest BCUT2D eigenvalue weighted by atomic mass is 19.4. The summed E-state index contributed by atoms with van der Waals surface area (Å²) in [4.78, 5) is 24.6. The lowest BCUT2D eigenvalue weighted by Crippen LogP contribution is -2.30. The second-order valence-electron chi connectivity index (χ2n) is 12.0. The van der Waals surface area contributed by atoms with E-state index >= 15 is 0 Å². The maximum atomic E-state index is 13.0. The van der Waals surface area contributed by atoms with Crippen LogP contribution in [-0.4, -0.2) is 19.4 Å². The van der Waals surface area contributed by atoms with E-state index in [4.69, 9.17) is 9.15 Å². The molecule has 0 saturated carbocycles. The van der Waals surface area contributed by atoms with Crippen LogP contribution in [0.4, 0.5) is 13.2 Å². The number of nitrogens with one attached hydrogen (secondary N) is 1. The number of carbonyl (C=O) groups excluding carboxylic acids is 2. The van der Waals surface area contributed by atoms with Gasteiger partial charge in [-0.15, -0.1) is 0 Å². The molecule has 0 amide bonds. The summed E-state index contributed by atoms with van der Waals surface area (Å²) in [6.45, 7) is 8.25. The lowest BCUT2D eigenvalue weighted by Gasteiger charge is -2.23. The van der Waals surface area contributed by atoms with Crippen molar-refractivity contribution in [3.63, 3.8) is 0 Å². The monoisotopic (exact) mass is 603 g/mol. The van der Waals surface area contributed by atoms with Crippen molar-refractivity contribution in [1.82, 2.24) is 5.32 Å². The summed E-state index contributed by atoms with van der Waals surface area (Å²) in [7, 11) is 1.38. The van der Waals surface area contributed by atoms with Crippen molar-refractivity contribution >= 4 is 12.3 Å². The highest BCUT2D eigenvalue weighted by molar-refractivity contribution is 5.83. The van der Waals surface area contributed by atoms with E-state index in [1.807, 2.05) is 57.2 Å². The molecule has 1 atom stereocenters. The number of fused-ring (bicyclic) bond motifs is 1. The van der Waals surface area contributed by atoms with Crippen LogP contribution < -0.4 is 5.32 Å². The number of aryl methyl sites for hydroxylation is 2. The lowest BCUT2D eigenvalue weighted by molar-refractivity contribution is -0.153. The SMILES string of the molecule is COC(=O)C(C)(C)c1cccc(-c2ccc(CNCc3ccc(C(F)(F)F)o3)c(C3CCc4c(C=O)c(C)cc(C)c43)c2)c1. The van der Waals surface area contributed by atoms with Gasteiger partial charge in [0.15, 0.2) is 6.29 Å². The van der Waals surface area contributed by atoms with E-state index in [1.165, 1.54) is 13.2 Å². The Bertz CT molecular complexity index is 1720. The van der Waals surface area contributed by atoms with E-state index < -0.39 is 17.4 Å². The lowest BCUT2D eigenvalue weighted by atomic mass is 9.82. The van der Waals surface area contributed by atoms with Crippen LogP contribution in [0.2, 0.25) is 0 Å². The fraction of sp³-hybridized carbons (Fsp3) is 0.333. The van der Waals surface area contributed by atoms with Gasteiger partial charge in [-0.3, -0.25) is 9.59 Å². The Hall–Kier alpha value is -4.17. The third-order valence-corrected chi connectivity index (χ3v) is 8.77. The zero-order chi connectivity index (χ0) is 31.8. The molecule has 1 heterocycles. The normalized spacial score (nSPS) is 14.9. The Labute approximate surface area is 255 Å². The molecule has 1 unspecified atom stereocenters. The van der Waals surface area contributed by atoms with E-state index in [0.29, 0.717) is 6.54 Å². The van der Waals surface area contributed by atoms with Gasteiger partial charge in [-0.05, 0) is 103 Å². The zero-order valence-electron chi connectivity index (χ0n) is 25.5. The number of carbonyl (C=O) groups is 2. The van der Waals surface area contributed by atoms with Crippen molar-refractivity contribution in [1.29, 1.82) is 0 Å². The molecule has 8 heteroatoms. The van der Waals surface area contributed by atoms with Crippen LogP contribution in [0.25, 0.3) is 11.1 Å². The minimum Gasteiger partial charge on any atom is -0.468 e. The van der Waals surface area contributed by atoms with E-state index in [0.717, 1.165) is 80.8 Å². The number of ether oxygens (including phenoxy) is 1. The van der Waals surface area contributed by atoms with Gasteiger partial charge in [-0.1, -0.05) is 48.5 Å². The number of aldehydes is 1. The zero-order valence-corrected chi connectivity index (χ0v) is 25.5. The number of hydrogen-bond acceptors (Lipinski definition) is 5. The third kappa shape index (κ3) is 5.95. The number of benzene rings is 3. The molecule has 1 aliphatic carbocycles. The van der Waals surface area contributed by atoms with Gasteiger partial charge in [0.05, 0.1) is 19.1 Å². The molecule has 0 bridgehead atoms. The van der Waals surface area contributed by atoms with Gasteiger partial charge in [0.1, 0.15) is 5.76 Å². The molecule has 5 rings (SSSR count). The first kappa shape index (κ1) is 31.3. The standard InChI is InChI=1S/C36H36F3NO4/c1-21-15-22(2)33-28(12-13-29(33)31(21)20-41)30-17-24(23-7-6-8-26(16-23)35(3,4)34(42)43-5)9-10-25(30)18-40-19-27-11-14-32(44-27)36(37,38)39/h6-11,14-17,20,28,40H,12-13,18-19H2,1-5H3. The first-order valence-corrected chi connectivity index (χ1v) is 14.6. The average molecular weight is 604 g/mol. The smallest absolute Gasteiger partial charge is 0.449 e. The van der Waals surface area contributed by atoms with Crippen molar-refractivity contribution in [3.05, 3.63) is 117 Å². The Morgan fingerprint density at radius 1 is 1.00 bits per heavy atom. The molecule has 0 aliphatic heterocycles. The second kappa shape index (κ2) is 12.1. The topological polar surface area (TPSA) is 68.5 Å². The molecule has 3 aromatic carbocycles. The number of methoxy groups -OCH3 is 1. The van der Waals surface area contributed by atoms with Crippen molar-refractivity contribution in [3.8, 4) is 11.1 Å². The number of alkyl halides is 3. The third-order valence-electron chi connectivity index (χ3n) is 8.77. The Kier molecular flexibility index (Phi) is 8.58. The maximum Gasteiger partial charge on any atom is 0.449 e. The summed E-state index contributed by atoms with van der Waals surface area (Å²) in [5, 5.41) is 3.26. The Balaban J connectivity index is 1.53. The van der Waals surface area contributed by atoms with Gasteiger partial charge in [0.2, 0.25) is 5.76 Å².